The molecule has 1 fully saturated rings. The number of piperidine rings is 1. The highest BCUT2D eigenvalue weighted by Crippen LogP contribution is 2.20. The third-order valence-electron chi connectivity index (χ3n) is 5.08. The van der Waals surface area contributed by atoms with E-state index in [1.54, 1.807) is 25.7 Å². The van der Waals surface area contributed by atoms with E-state index in [-0.39, 0.29) is 24.7 Å². The van der Waals surface area contributed by atoms with E-state index in [9.17, 15) is 29.1 Å². The smallest absolute Gasteiger partial charge is 0.408 e. The summed E-state index contributed by atoms with van der Waals surface area (Å²) in [4.78, 5) is 61.4. The summed E-state index contributed by atoms with van der Waals surface area (Å²) in [7, 11) is 0. The van der Waals surface area contributed by atoms with Crippen LogP contribution in [0, 0.1) is 11.8 Å². The second kappa shape index (κ2) is 11.7. The molecule has 0 aromatic heterocycles. The molecule has 182 valence electrons. The second-order valence-corrected chi connectivity index (χ2v) is 9.37. The summed E-state index contributed by atoms with van der Waals surface area (Å²) in [5.74, 6) is -3.18. The number of ether oxygens (including phenoxy) is 1. The van der Waals surface area contributed by atoms with E-state index in [4.69, 9.17) is 10.5 Å². The van der Waals surface area contributed by atoms with Gasteiger partial charge >= 0.3 is 12.1 Å². The highest BCUT2D eigenvalue weighted by atomic mass is 16.6. The van der Waals surface area contributed by atoms with Crippen LogP contribution in [0.4, 0.5) is 4.79 Å². The molecule has 1 heterocycles. The zero-order valence-corrected chi connectivity index (χ0v) is 19.5. The topological polar surface area (TPSA) is 168 Å². The number of nitrogens with zero attached hydrogens (tertiary/aromatic N) is 1. The average molecular weight is 457 g/mol. The summed E-state index contributed by atoms with van der Waals surface area (Å²) in [6.07, 6.45) is -0.186. The van der Waals surface area contributed by atoms with E-state index in [1.807, 2.05) is 13.8 Å². The first-order valence-corrected chi connectivity index (χ1v) is 10.8. The number of carboxylic acid groups (broad SMARTS) is 1. The molecule has 0 radical (unpaired) electrons. The van der Waals surface area contributed by atoms with Crippen LogP contribution < -0.4 is 16.4 Å². The van der Waals surface area contributed by atoms with E-state index < -0.39 is 47.5 Å². The number of amides is 4. The lowest BCUT2D eigenvalue weighted by Crippen LogP contribution is -2.54. The molecule has 1 aliphatic heterocycles. The Morgan fingerprint density at radius 3 is 2.09 bits per heavy atom. The summed E-state index contributed by atoms with van der Waals surface area (Å²) in [6.45, 7) is 9.44. The molecule has 11 heteroatoms. The minimum atomic E-state index is -1.24. The third-order valence-corrected chi connectivity index (χ3v) is 5.08. The number of nitrogens with two attached hydrogens (primary N) is 1. The Morgan fingerprint density at radius 2 is 1.66 bits per heavy atom. The minimum Gasteiger partial charge on any atom is -0.480 e. The predicted octanol–water partition coefficient (Wildman–Crippen LogP) is 0.609. The lowest BCUT2D eigenvalue weighted by atomic mass is 9.93. The summed E-state index contributed by atoms with van der Waals surface area (Å²) in [5, 5.41) is 14.3. The molecule has 1 saturated heterocycles. The third kappa shape index (κ3) is 9.11. The number of nitrogens with one attached hydrogen (secondary N) is 2. The van der Waals surface area contributed by atoms with Gasteiger partial charge in [0.1, 0.15) is 17.7 Å². The number of aliphatic carboxylic acids is 1. The van der Waals surface area contributed by atoms with Crippen molar-refractivity contribution >= 4 is 29.8 Å². The van der Waals surface area contributed by atoms with Crippen molar-refractivity contribution in [2.75, 3.05) is 13.1 Å². The Bertz CT molecular complexity index is 709. The quantitative estimate of drug-likeness (QED) is 0.394. The van der Waals surface area contributed by atoms with Crippen LogP contribution in [-0.2, 0) is 23.9 Å². The Kier molecular flexibility index (Phi) is 9.92. The van der Waals surface area contributed by atoms with Gasteiger partial charge in [0.05, 0.1) is 0 Å². The predicted molar refractivity (Wildman–Crippen MR) is 115 cm³/mol. The van der Waals surface area contributed by atoms with Crippen LogP contribution >= 0.6 is 0 Å². The lowest BCUT2D eigenvalue weighted by molar-refractivity contribution is -0.143. The standard InChI is InChI=1S/C21H36N4O7/c1-12(2)16(24-20(31)32-21(3,4)5)18(28)25-10-8-13(9-11-25)17(27)23-14(19(29)30)6-7-15(22)26/h12-14,16H,6-11H2,1-5H3,(H2,22,26)(H,23,27)(H,24,31)(H,29,30)/t14-,16-/m0/s1. The maximum Gasteiger partial charge on any atom is 0.408 e. The van der Waals surface area contributed by atoms with Crippen LogP contribution in [0.15, 0.2) is 0 Å². The molecular weight excluding hydrogens is 420 g/mol. The molecule has 2 atom stereocenters. The molecule has 5 N–H and O–H groups in total. The Morgan fingerprint density at radius 1 is 1.09 bits per heavy atom. The molecule has 1 aliphatic rings. The van der Waals surface area contributed by atoms with E-state index in [2.05, 4.69) is 10.6 Å². The first-order chi connectivity index (χ1) is 14.7. The molecule has 0 saturated carbocycles. The number of primary amides is 1. The number of rotatable bonds is 9. The van der Waals surface area contributed by atoms with Crippen molar-refractivity contribution in [1.82, 2.24) is 15.5 Å². The zero-order chi connectivity index (χ0) is 24.6. The first-order valence-electron chi connectivity index (χ1n) is 10.8. The van der Waals surface area contributed by atoms with E-state index >= 15 is 0 Å². The molecular formula is C21H36N4O7. The van der Waals surface area contributed by atoms with Gasteiger partial charge in [0.25, 0.3) is 0 Å². The molecule has 1 rings (SSSR count). The molecule has 0 aromatic rings. The fourth-order valence-electron chi connectivity index (χ4n) is 3.34. The fraction of sp³-hybridized carbons (Fsp3) is 0.762. The SMILES string of the molecule is CC(C)[C@H](NC(=O)OC(C)(C)C)C(=O)N1CCC(C(=O)N[C@@H](CCC(N)=O)C(=O)O)CC1. The van der Waals surface area contributed by atoms with Crippen LogP contribution in [0.5, 0.6) is 0 Å². The summed E-state index contributed by atoms with van der Waals surface area (Å²) in [6, 6.07) is -1.96. The van der Waals surface area contributed by atoms with Gasteiger partial charge in [0.2, 0.25) is 17.7 Å². The van der Waals surface area contributed by atoms with Crippen molar-refractivity contribution in [2.24, 2.45) is 17.6 Å². The molecule has 4 amide bonds. The normalized spacial score (nSPS) is 16.8. The van der Waals surface area contributed by atoms with Gasteiger partial charge in [-0.2, -0.15) is 0 Å². The van der Waals surface area contributed by atoms with Gasteiger partial charge in [-0.3, -0.25) is 14.4 Å². The number of carbonyl (C=O) groups is 5. The van der Waals surface area contributed by atoms with Crippen molar-refractivity contribution in [2.45, 2.75) is 78.0 Å². The van der Waals surface area contributed by atoms with Crippen molar-refractivity contribution in [1.29, 1.82) is 0 Å². The maximum absolute atomic E-state index is 13.0. The molecule has 11 nitrogen and oxygen atoms in total. The van der Waals surface area contributed by atoms with Gasteiger partial charge < -0.3 is 31.1 Å². The lowest BCUT2D eigenvalue weighted by Gasteiger charge is -2.35. The number of hydrogen-bond acceptors (Lipinski definition) is 6. The van der Waals surface area contributed by atoms with Crippen LogP contribution in [0.2, 0.25) is 0 Å². The van der Waals surface area contributed by atoms with Crippen molar-refractivity contribution in [3.63, 3.8) is 0 Å². The molecule has 0 spiro atoms. The van der Waals surface area contributed by atoms with Crippen molar-refractivity contribution in [3.05, 3.63) is 0 Å². The van der Waals surface area contributed by atoms with Gasteiger partial charge in [0, 0.05) is 25.4 Å². The number of carbonyl (C=O) groups excluding carboxylic acids is 4. The molecule has 32 heavy (non-hydrogen) atoms. The fourth-order valence-corrected chi connectivity index (χ4v) is 3.34. The second-order valence-electron chi connectivity index (χ2n) is 9.37. The first kappa shape index (κ1) is 27.2. The highest BCUT2D eigenvalue weighted by molar-refractivity contribution is 5.87. The van der Waals surface area contributed by atoms with Gasteiger partial charge in [0.15, 0.2) is 0 Å². The van der Waals surface area contributed by atoms with E-state index in [1.165, 1.54) is 0 Å². The summed E-state index contributed by atoms with van der Waals surface area (Å²) < 4.78 is 5.24. The Labute approximate surface area is 188 Å². The highest BCUT2D eigenvalue weighted by Gasteiger charge is 2.34. The Hall–Kier alpha value is -2.85. The van der Waals surface area contributed by atoms with Gasteiger partial charge in [-0.1, -0.05) is 13.8 Å². The minimum absolute atomic E-state index is 0.0832. The molecule has 0 aliphatic carbocycles. The van der Waals surface area contributed by atoms with Crippen molar-refractivity contribution in [3.8, 4) is 0 Å². The van der Waals surface area contributed by atoms with E-state index in [0.29, 0.717) is 25.9 Å². The molecule has 0 aromatic carbocycles. The van der Waals surface area contributed by atoms with Crippen LogP contribution in [0.1, 0.15) is 60.3 Å². The Balaban J connectivity index is 2.65. The monoisotopic (exact) mass is 456 g/mol. The molecule has 0 bridgehead atoms. The van der Waals surface area contributed by atoms with E-state index in [0.717, 1.165) is 0 Å². The van der Waals surface area contributed by atoms with Crippen LogP contribution in [0.3, 0.4) is 0 Å². The summed E-state index contributed by atoms with van der Waals surface area (Å²) >= 11 is 0. The van der Waals surface area contributed by atoms with Gasteiger partial charge in [-0.15, -0.1) is 0 Å². The average Bonchev–Trinajstić information content (AvgIpc) is 2.66. The number of carboxylic acids is 1. The van der Waals surface area contributed by atoms with Gasteiger partial charge in [-0.05, 0) is 46.0 Å². The van der Waals surface area contributed by atoms with Crippen molar-refractivity contribution < 1.29 is 33.8 Å². The largest absolute Gasteiger partial charge is 0.480 e. The number of alkyl carbamates (subject to hydrolysis) is 1. The van der Waals surface area contributed by atoms with Gasteiger partial charge in [-0.25, -0.2) is 9.59 Å². The number of hydrogen-bond donors (Lipinski definition) is 4. The maximum atomic E-state index is 13.0. The molecule has 0 unspecified atom stereocenters. The van der Waals surface area contributed by atoms with Crippen LogP contribution in [-0.4, -0.2) is 70.6 Å². The number of likely N-dealkylation sites (tertiary alicyclic amines) is 1. The van der Waals surface area contributed by atoms with Crippen LogP contribution in [0.25, 0.3) is 0 Å². The zero-order valence-electron chi connectivity index (χ0n) is 19.5. The summed E-state index contributed by atoms with van der Waals surface area (Å²) in [5.41, 5.74) is 4.36.